The summed E-state index contributed by atoms with van der Waals surface area (Å²) in [4.78, 5) is 13.8. The monoisotopic (exact) mass is 756 g/mol. The maximum Gasteiger partial charge on any atom is 0.239 e. The van der Waals surface area contributed by atoms with E-state index in [0.29, 0.717) is 0 Å². The predicted octanol–water partition coefficient (Wildman–Crippen LogP) is -3.57. The Balaban J connectivity index is 1.27. The smallest absolute Gasteiger partial charge is 0.239 e. The third kappa shape index (κ3) is 7.52. The topological polar surface area (TPSA) is 328 Å². The molecule has 0 aliphatic carbocycles. The summed E-state index contributed by atoms with van der Waals surface area (Å²) in [6.07, 6.45) is -25.8. The van der Waals surface area contributed by atoms with Gasteiger partial charge in [-0.2, -0.15) is 0 Å². The Bertz CT molecular complexity index is 1790. The van der Waals surface area contributed by atoms with Crippen molar-refractivity contribution in [1.29, 1.82) is 0 Å². The molecule has 3 saturated heterocycles. The lowest BCUT2D eigenvalue weighted by Crippen LogP contribution is -2.65. The molecule has 15 unspecified atom stereocenters. The second-order valence-electron chi connectivity index (χ2n) is 12.9. The Morgan fingerprint density at radius 1 is 0.679 bits per heavy atom. The molecular formula is C33H40O20. The van der Waals surface area contributed by atoms with Gasteiger partial charge in [-0.25, -0.2) is 0 Å². The van der Waals surface area contributed by atoms with Crippen molar-refractivity contribution < 1.29 is 94.1 Å². The van der Waals surface area contributed by atoms with Crippen LogP contribution in [0, 0.1) is 0 Å². The Morgan fingerprint density at radius 2 is 1.30 bits per heavy atom. The molecule has 0 radical (unpaired) electrons. The van der Waals surface area contributed by atoms with Crippen LogP contribution in [0.3, 0.4) is 0 Å². The fourth-order valence-electron chi connectivity index (χ4n) is 6.25. The van der Waals surface area contributed by atoms with Crippen molar-refractivity contribution in [2.45, 2.75) is 99.0 Å². The van der Waals surface area contributed by atoms with Crippen LogP contribution >= 0.6 is 0 Å². The molecule has 4 heterocycles. The summed E-state index contributed by atoms with van der Waals surface area (Å²) in [6.45, 7) is -0.192. The van der Waals surface area contributed by atoms with Crippen molar-refractivity contribution in [3.05, 3.63) is 46.6 Å². The highest BCUT2D eigenvalue weighted by molar-refractivity contribution is 5.88. The third-order valence-corrected chi connectivity index (χ3v) is 9.30. The zero-order chi connectivity index (χ0) is 38.5. The first-order chi connectivity index (χ1) is 25.1. The van der Waals surface area contributed by atoms with Crippen LogP contribution < -0.4 is 10.2 Å². The fraction of sp³-hybridized carbons (Fsp3) is 0.545. The van der Waals surface area contributed by atoms with Gasteiger partial charge < -0.3 is 94.1 Å². The lowest BCUT2D eigenvalue weighted by atomic mass is 9.97. The maximum atomic E-state index is 13.8. The van der Waals surface area contributed by atoms with Crippen molar-refractivity contribution in [3.8, 4) is 34.3 Å². The van der Waals surface area contributed by atoms with E-state index in [-0.39, 0.29) is 22.7 Å². The molecule has 53 heavy (non-hydrogen) atoms. The normalized spacial score (nSPS) is 37.8. The molecule has 2 aromatic carbocycles. The van der Waals surface area contributed by atoms with Gasteiger partial charge in [0.2, 0.25) is 17.5 Å². The van der Waals surface area contributed by atoms with E-state index in [1.165, 1.54) is 31.2 Å². The third-order valence-electron chi connectivity index (χ3n) is 9.30. The average Bonchev–Trinajstić information content (AvgIpc) is 3.12. The second kappa shape index (κ2) is 15.6. The van der Waals surface area contributed by atoms with Gasteiger partial charge in [-0.05, 0) is 31.2 Å². The summed E-state index contributed by atoms with van der Waals surface area (Å²) >= 11 is 0. The Kier molecular flexibility index (Phi) is 11.5. The molecule has 3 aliphatic rings. The van der Waals surface area contributed by atoms with Gasteiger partial charge in [-0.1, -0.05) is 0 Å². The highest BCUT2D eigenvalue weighted by Gasteiger charge is 2.52. The van der Waals surface area contributed by atoms with Crippen LogP contribution in [-0.2, 0) is 23.7 Å². The maximum absolute atomic E-state index is 13.8. The van der Waals surface area contributed by atoms with E-state index in [1.54, 1.807) is 0 Å². The Hall–Kier alpha value is -3.71. The number of benzene rings is 2. The molecule has 3 fully saturated rings. The van der Waals surface area contributed by atoms with Crippen molar-refractivity contribution in [2.75, 3.05) is 13.2 Å². The SMILES string of the molecule is CC1OC(OC2C(OCC3OC(Oc4c(-c5ccc(O)cc5)oc5cc(O)cc(O)c5c4=O)C(O)C(O)C3O)OC(CO)C(O)C2O)C(O)C(O)C1O. The lowest BCUT2D eigenvalue weighted by molar-refractivity contribution is -0.369. The molecule has 20 heteroatoms. The molecule has 3 aliphatic heterocycles. The van der Waals surface area contributed by atoms with Crippen LogP contribution in [-0.4, -0.2) is 167 Å². The first kappa shape index (κ1) is 39.0. The van der Waals surface area contributed by atoms with Crippen LogP contribution in [0.4, 0.5) is 0 Å². The summed E-state index contributed by atoms with van der Waals surface area (Å²) in [5.41, 5.74) is -1.12. The van der Waals surface area contributed by atoms with Crippen molar-refractivity contribution in [1.82, 2.24) is 0 Å². The van der Waals surface area contributed by atoms with Crippen LogP contribution in [0.2, 0.25) is 0 Å². The quantitative estimate of drug-likeness (QED) is 0.100. The Morgan fingerprint density at radius 3 is 1.98 bits per heavy atom. The van der Waals surface area contributed by atoms with Gasteiger partial charge in [-0.15, -0.1) is 0 Å². The van der Waals surface area contributed by atoms with Gasteiger partial charge in [0.1, 0.15) is 95.4 Å². The minimum Gasteiger partial charge on any atom is -0.508 e. The number of aliphatic hydroxyl groups excluding tert-OH is 9. The standard InChI is InChI=1S/C33H40O20/c1-10-19(38)23(42)26(45)31(48-10)53-30-25(44)20(39)16(8-34)50-33(30)47-9-17-21(40)24(43)27(46)32(51-17)52-29-22(41)18-14(37)6-13(36)7-15(18)49-28(29)11-2-4-12(35)5-3-11/h2-7,10,16-17,19-21,23-27,30-40,42-46H,8-9H2,1H3. The van der Waals surface area contributed by atoms with E-state index in [1.807, 2.05) is 0 Å². The van der Waals surface area contributed by atoms with E-state index in [4.69, 9.17) is 32.8 Å². The van der Waals surface area contributed by atoms with Crippen molar-refractivity contribution >= 4 is 11.0 Å². The number of hydrogen-bond acceptors (Lipinski definition) is 20. The van der Waals surface area contributed by atoms with Gasteiger partial charge in [0.15, 0.2) is 18.3 Å². The van der Waals surface area contributed by atoms with Crippen LogP contribution in [0.5, 0.6) is 23.0 Å². The average molecular weight is 757 g/mol. The van der Waals surface area contributed by atoms with Crippen molar-refractivity contribution in [2.24, 2.45) is 0 Å². The summed E-state index contributed by atoms with van der Waals surface area (Å²) in [7, 11) is 0. The van der Waals surface area contributed by atoms with E-state index in [0.717, 1.165) is 12.1 Å². The van der Waals surface area contributed by atoms with Gasteiger partial charge in [0.05, 0.1) is 19.3 Å². The molecule has 12 N–H and O–H groups in total. The minimum absolute atomic E-state index is 0.143. The van der Waals surface area contributed by atoms with E-state index in [2.05, 4.69) is 0 Å². The zero-order valence-electron chi connectivity index (χ0n) is 27.7. The number of aromatic hydroxyl groups is 3. The first-order valence-corrected chi connectivity index (χ1v) is 16.4. The number of hydrogen-bond donors (Lipinski definition) is 12. The molecule has 20 nitrogen and oxygen atoms in total. The summed E-state index contributed by atoms with van der Waals surface area (Å²) < 4.78 is 39.7. The van der Waals surface area contributed by atoms with E-state index < -0.39 is 133 Å². The Labute approximate surface area is 298 Å². The predicted molar refractivity (Wildman–Crippen MR) is 171 cm³/mol. The number of rotatable bonds is 9. The summed E-state index contributed by atoms with van der Waals surface area (Å²) in [5.74, 6) is -2.24. The van der Waals surface area contributed by atoms with Crippen molar-refractivity contribution in [3.63, 3.8) is 0 Å². The molecule has 0 bridgehead atoms. The molecule has 1 aromatic heterocycles. The fourth-order valence-corrected chi connectivity index (χ4v) is 6.25. The number of phenolic OH excluding ortho intramolecular Hbond substituents is 3. The lowest BCUT2D eigenvalue weighted by Gasteiger charge is -2.46. The van der Waals surface area contributed by atoms with Crippen LogP contribution in [0.25, 0.3) is 22.3 Å². The van der Waals surface area contributed by atoms with E-state index in [9.17, 15) is 66.1 Å². The largest absolute Gasteiger partial charge is 0.508 e. The summed E-state index contributed by atoms with van der Waals surface area (Å²) in [5, 5.41) is 124. The second-order valence-corrected chi connectivity index (χ2v) is 12.9. The van der Waals surface area contributed by atoms with E-state index >= 15 is 0 Å². The van der Waals surface area contributed by atoms with Crippen LogP contribution in [0.15, 0.2) is 45.6 Å². The number of aliphatic hydroxyl groups is 9. The highest BCUT2D eigenvalue weighted by atomic mass is 16.8. The summed E-state index contributed by atoms with van der Waals surface area (Å²) in [6, 6.07) is 7.14. The van der Waals surface area contributed by atoms with Gasteiger partial charge >= 0.3 is 0 Å². The molecule has 6 rings (SSSR count). The highest BCUT2D eigenvalue weighted by Crippen LogP contribution is 2.38. The molecular weight excluding hydrogens is 716 g/mol. The molecule has 0 spiro atoms. The van der Waals surface area contributed by atoms with Gasteiger partial charge in [0, 0.05) is 17.7 Å². The number of ether oxygens (including phenoxy) is 6. The molecule has 3 aromatic rings. The number of fused-ring (bicyclic) bond motifs is 1. The van der Waals surface area contributed by atoms with Gasteiger partial charge in [-0.3, -0.25) is 4.79 Å². The molecule has 0 amide bonds. The van der Waals surface area contributed by atoms with Gasteiger partial charge in [0.25, 0.3) is 0 Å². The number of phenols is 3. The zero-order valence-corrected chi connectivity index (χ0v) is 27.7. The molecule has 0 saturated carbocycles. The molecule has 292 valence electrons. The molecule has 15 atom stereocenters. The van der Waals surface area contributed by atoms with Crippen LogP contribution in [0.1, 0.15) is 6.92 Å². The first-order valence-electron chi connectivity index (χ1n) is 16.4. The minimum atomic E-state index is -2.02.